The summed E-state index contributed by atoms with van der Waals surface area (Å²) in [6, 6.07) is 3.35. The van der Waals surface area contributed by atoms with Gasteiger partial charge in [0.15, 0.2) is 0 Å². The molecule has 0 aliphatic rings. The Morgan fingerprint density at radius 2 is 2.00 bits per heavy atom. The number of carbonyl (C=O) groups is 2. The Hall–Kier alpha value is -1.36. The molecular formula is C11H12BrNO3. The SMILES string of the molecule is COC(=O)c1cc(NC(C)=O)c(Br)cc1C. The van der Waals surface area contributed by atoms with Crippen LogP contribution in [0.5, 0.6) is 0 Å². The number of rotatable bonds is 2. The molecule has 1 N–H and O–H groups in total. The second kappa shape index (κ2) is 5.12. The predicted octanol–water partition coefficient (Wildman–Crippen LogP) is 2.50. The van der Waals surface area contributed by atoms with E-state index in [1.54, 1.807) is 19.1 Å². The van der Waals surface area contributed by atoms with Gasteiger partial charge in [-0.05, 0) is 40.5 Å². The van der Waals surface area contributed by atoms with Crippen LogP contribution >= 0.6 is 15.9 Å². The van der Waals surface area contributed by atoms with Crippen molar-refractivity contribution in [3.63, 3.8) is 0 Å². The summed E-state index contributed by atoms with van der Waals surface area (Å²) in [6.07, 6.45) is 0. The molecule has 0 aliphatic heterocycles. The highest BCUT2D eigenvalue weighted by Gasteiger charge is 2.13. The summed E-state index contributed by atoms with van der Waals surface area (Å²) in [4.78, 5) is 22.4. The fourth-order valence-corrected chi connectivity index (χ4v) is 1.84. The molecule has 0 aromatic heterocycles. The lowest BCUT2D eigenvalue weighted by molar-refractivity contribution is -0.114. The fraction of sp³-hybridized carbons (Fsp3) is 0.273. The van der Waals surface area contributed by atoms with Crippen molar-refractivity contribution in [2.24, 2.45) is 0 Å². The van der Waals surface area contributed by atoms with E-state index in [2.05, 4.69) is 26.0 Å². The minimum Gasteiger partial charge on any atom is -0.465 e. The van der Waals surface area contributed by atoms with Crippen LogP contribution in [0.15, 0.2) is 16.6 Å². The third kappa shape index (κ3) is 2.82. The zero-order valence-electron chi connectivity index (χ0n) is 9.26. The summed E-state index contributed by atoms with van der Waals surface area (Å²) in [6.45, 7) is 3.21. The van der Waals surface area contributed by atoms with Crippen molar-refractivity contribution < 1.29 is 14.3 Å². The van der Waals surface area contributed by atoms with Crippen LogP contribution in [0.25, 0.3) is 0 Å². The number of anilines is 1. The standard InChI is InChI=1S/C11H12BrNO3/c1-6-4-9(12)10(13-7(2)14)5-8(6)11(15)16-3/h4-5H,1-3H3,(H,13,14). The van der Waals surface area contributed by atoms with E-state index < -0.39 is 5.97 Å². The van der Waals surface area contributed by atoms with Crippen molar-refractivity contribution in [1.29, 1.82) is 0 Å². The van der Waals surface area contributed by atoms with Gasteiger partial charge in [-0.2, -0.15) is 0 Å². The van der Waals surface area contributed by atoms with Crippen molar-refractivity contribution in [3.05, 3.63) is 27.7 Å². The monoisotopic (exact) mass is 285 g/mol. The van der Waals surface area contributed by atoms with Gasteiger partial charge >= 0.3 is 5.97 Å². The van der Waals surface area contributed by atoms with Crippen LogP contribution < -0.4 is 5.32 Å². The van der Waals surface area contributed by atoms with Crippen LogP contribution in [0.1, 0.15) is 22.8 Å². The van der Waals surface area contributed by atoms with Gasteiger partial charge in [0, 0.05) is 11.4 Å². The molecule has 0 fully saturated rings. The molecule has 0 bridgehead atoms. The third-order valence-electron chi connectivity index (χ3n) is 2.03. The molecule has 0 atom stereocenters. The Kier molecular flexibility index (Phi) is 4.06. The van der Waals surface area contributed by atoms with Gasteiger partial charge in [-0.3, -0.25) is 4.79 Å². The number of hydrogen-bond donors (Lipinski definition) is 1. The Labute approximate surface area is 102 Å². The number of nitrogens with one attached hydrogen (secondary N) is 1. The predicted molar refractivity (Wildman–Crippen MR) is 64.5 cm³/mol. The van der Waals surface area contributed by atoms with Gasteiger partial charge in [-0.15, -0.1) is 0 Å². The maximum atomic E-state index is 11.4. The van der Waals surface area contributed by atoms with E-state index in [1.807, 2.05) is 0 Å². The quantitative estimate of drug-likeness (QED) is 0.850. The second-order valence-corrected chi connectivity index (χ2v) is 4.17. The van der Waals surface area contributed by atoms with E-state index in [1.165, 1.54) is 14.0 Å². The first-order valence-electron chi connectivity index (χ1n) is 4.61. The average molecular weight is 286 g/mol. The minimum absolute atomic E-state index is 0.194. The molecule has 1 aromatic rings. The molecule has 0 aliphatic carbocycles. The molecule has 0 radical (unpaired) electrons. The molecule has 0 saturated heterocycles. The smallest absolute Gasteiger partial charge is 0.338 e. The lowest BCUT2D eigenvalue weighted by Gasteiger charge is -2.10. The van der Waals surface area contributed by atoms with Crippen molar-refractivity contribution in [2.45, 2.75) is 13.8 Å². The summed E-state index contributed by atoms with van der Waals surface area (Å²) >= 11 is 3.31. The van der Waals surface area contributed by atoms with Gasteiger partial charge in [0.05, 0.1) is 18.4 Å². The molecule has 1 amide bonds. The normalized spacial score (nSPS) is 9.75. The topological polar surface area (TPSA) is 55.4 Å². The summed E-state index contributed by atoms with van der Waals surface area (Å²) in [7, 11) is 1.32. The summed E-state index contributed by atoms with van der Waals surface area (Å²) in [5, 5.41) is 2.63. The van der Waals surface area contributed by atoms with Crippen molar-refractivity contribution in [2.75, 3.05) is 12.4 Å². The number of benzene rings is 1. The van der Waals surface area contributed by atoms with Gasteiger partial charge in [0.2, 0.25) is 5.91 Å². The van der Waals surface area contributed by atoms with E-state index in [0.29, 0.717) is 11.3 Å². The molecule has 0 spiro atoms. The maximum Gasteiger partial charge on any atom is 0.338 e. The lowest BCUT2D eigenvalue weighted by Crippen LogP contribution is -2.09. The zero-order chi connectivity index (χ0) is 12.3. The molecule has 16 heavy (non-hydrogen) atoms. The van der Waals surface area contributed by atoms with E-state index in [4.69, 9.17) is 0 Å². The van der Waals surface area contributed by atoms with E-state index in [-0.39, 0.29) is 5.91 Å². The van der Waals surface area contributed by atoms with Crippen LogP contribution in [0.4, 0.5) is 5.69 Å². The third-order valence-corrected chi connectivity index (χ3v) is 2.69. The molecule has 86 valence electrons. The summed E-state index contributed by atoms with van der Waals surface area (Å²) in [5.41, 5.74) is 1.78. The van der Waals surface area contributed by atoms with Crippen LogP contribution in [0.3, 0.4) is 0 Å². The first kappa shape index (κ1) is 12.7. The molecule has 0 heterocycles. The number of aryl methyl sites for hydroxylation is 1. The number of esters is 1. The minimum atomic E-state index is -0.420. The van der Waals surface area contributed by atoms with Crippen LogP contribution in [-0.4, -0.2) is 19.0 Å². The highest BCUT2D eigenvalue weighted by molar-refractivity contribution is 9.10. The first-order chi connectivity index (χ1) is 7.45. The molecule has 1 aromatic carbocycles. The highest BCUT2D eigenvalue weighted by Crippen LogP contribution is 2.26. The Balaban J connectivity index is 3.21. The summed E-state index contributed by atoms with van der Waals surface area (Å²) in [5.74, 6) is -0.614. The van der Waals surface area contributed by atoms with E-state index >= 15 is 0 Å². The number of methoxy groups -OCH3 is 1. The molecule has 5 heteroatoms. The van der Waals surface area contributed by atoms with Gasteiger partial charge < -0.3 is 10.1 Å². The van der Waals surface area contributed by atoms with Crippen LogP contribution in [0.2, 0.25) is 0 Å². The summed E-state index contributed by atoms with van der Waals surface area (Å²) < 4.78 is 5.38. The second-order valence-electron chi connectivity index (χ2n) is 3.32. The largest absolute Gasteiger partial charge is 0.465 e. The number of hydrogen-bond acceptors (Lipinski definition) is 3. The van der Waals surface area contributed by atoms with Crippen molar-refractivity contribution >= 4 is 33.5 Å². The van der Waals surface area contributed by atoms with E-state index in [0.717, 1.165) is 10.0 Å². The molecule has 0 saturated carbocycles. The number of amides is 1. The Bertz CT molecular complexity index is 443. The molecule has 1 rings (SSSR count). The zero-order valence-corrected chi connectivity index (χ0v) is 10.8. The van der Waals surface area contributed by atoms with Crippen molar-refractivity contribution in [1.82, 2.24) is 0 Å². The number of ether oxygens (including phenoxy) is 1. The Morgan fingerprint density at radius 1 is 1.38 bits per heavy atom. The lowest BCUT2D eigenvalue weighted by atomic mass is 10.1. The molecule has 0 unspecified atom stereocenters. The van der Waals surface area contributed by atoms with Crippen LogP contribution in [0, 0.1) is 6.92 Å². The maximum absolute atomic E-state index is 11.4. The fourth-order valence-electron chi connectivity index (χ4n) is 1.29. The number of halogens is 1. The van der Waals surface area contributed by atoms with Gasteiger partial charge in [0.25, 0.3) is 0 Å². The van der Waals surface area contributed by atoms with Crippen LogP contribution in [-0.2, 0) is 9.53 Å². The first-order valence-corrected chi connectivity index (χ1v) is 5.41. The average Bonchev–Trinajstić information content (AvgIpc) is 2.20. The number of carbonyl (C=O) groups excluding carboxylic acids is 2. The highest BCUT2D eigenvalue weighted by atomic mass is 79.9. The Morgan fingerprint density at radius 3 is 2.50 bits per heavy atom. The molecule has 4 nitrogen and oxygen atoms in total. The van der Waals surface area contributed by atoms with Gasteiger partial charge in [-0.25, -0.2) is 4.79 Å². The molecular weight excluding hydrogens is 274 g/mol. The van der Waals surface area contributed by atoms with Gasteiger partial charge in [-0.1, -0.05) is 0 Å². The van der Waals surface area contributed by atoms with E-state index in [9.17, 15) is 9.59 Å². The van der Waals surface area contributed by atoms with Crippen molar-refractivity contribution in [3.8, 4) is 0 Å². The van der Waals surface area contributed by atoms with Gasteiger partial charge in [0.1, 0.15) is 0 Å².